The molecule has 3 aromatic heterocycles. The molecule has 0 amide bonds. The first-order chi connectivity index (χ1) is 14.3. The Balaban J connectivity index is 1.30. The lowest BCUT2D eigenvalue weighted by atomic mass is 10.3. The number of thiophene rings is 1. The molecule has 0 saturated carbocycles. The second kappa shape index (κ2) is 8.39. The highest BCUT2D eigenvalue weighted by atomic mass is 35.5. The molecule has 7 nitrogen and oxygen atoms in total. The molecule has 9 heteroatoms. The normalized spacial score (nSPS) is 18.5. The molecule has 2 aliphatic heterocycles. The molecule has 2 fully saturated rings. The molecule has 0 N–H and O–H groups in total. The fourth-order valence-electron chi connectivity index (χ4n) is 3.90. The molecule has 0 bridgehead atoms. The first-order valence-electron chi connectivity index (χ1n) is 9.93. The quantitative estimate of drug-likeness (QED) is 0.590. The molecule has 0 atom stereocenters. The van der Waals surface area contributed by atoms with E-state index in [0.717, 1.165) is 80.9 Å². The van der Waals surface area contributed by atoms with Gasteiger partial charge in [-0.1, -0.05) is 6.07 Å². The molecular formula is C20H23ClN6OS. The van der Waals surface area contributed by atoms with Gasteiger partial charge in [0.2, 0.25) is 5.28 Å². The Bertz CT molecular complexity index is 970. The van der Waals surface area contributed by atoms with E-state index in [-0.39, 0.29) is 0 Å². The molecule has 2 saturated heterocycles. The second-order valence-electron chi connectivity index (χ2n) is 7.29. The highest BCUT2D eigenvalue weighted by molar-refractivity contribution is 7.19. The number of anilines is 2. The fourth-order valence-corrected chi connectivity index (χ4v) is 5.23. The van der Waals surface area contributed by atoms with Crippen LogP contribution >= 0.6 is 22.9 Å². The van der Waals surface area contributed by atoms with Gasteiger partial charge < -0.3 is 14.5 Å². The monoisotopic (exact) mass is 430 g/mol. The van der Waals surface area contributed by atoms with Gasteiger partial charge in [-0.2, -0.15) is 4.98 Å². The van der Waals surface area contributed by atoms with Crippen molar-refractivity contribution in [2.75, 3.05) is 62.3 Å². The summed E-state index contributed by atoms with van der Waals surface area (Å²) in [5, 5.41) is 0.312. The van der Waals surface area contributed by atoms with E-state index in [1.165, 1.54) is 4.88 Å². The summed E-state index contributed by atoms with van der Waals surface area (Å²) >= 11 is 8.00. The molecule has 5 rings (SSSR count). The molecule has 0 aliphatic carbocycles. The summed E-state index contributed by atoms with van der Waals surface area (Å²) in [7, 11) is 0. The van der Waals surface area contributed by atoms with Gasteiger partial charge in [0.15, 0.2) is 5.82 Å². The van der Waals surface area contributed by atoms with Crippen LogP contribution in [0.25, 0.3) is 10.2 Å². The smallest absolute Gasteiger partial charge is 0.224 e. The predicted molar refractivity (Wildman–Crippen MR) is 117 cm³/mol. The number of hydrogen-bond donors (Lipinski definition) is 0. The summed E-state index contributed by atoms with van der Waals surface area (Å²) < 4.78 is 6.60. The third kappa shape index (κ3) is 4.16. The van der Waals surface area contributed by atoms with Gasteiger partial charge in [0, 0.05) is 56.9 Å². The molecule has 2 aliphatic rings. The van der Waals surface area contributed by atoms with E-state index in [0.29, 0.717) is 5.28 Å². The number of morpholine rings is 1. The first kappa shape index (κ1) is 19.0. The van der Waals surface area contributed by atoms with Gasteiger partial charge in [-0.3, -0.25) is 4.90 Å². The van der Waals surface area contributed by atoms with Crippen LogP contribution in [-0.4, -0.2) is 72.3 Å². The number of nitrogens with zero attached hydrogens (tertiary/aromatic N) is 6. The summed E-state index contributed by atoms with van der Waals surface area (Å²) in [5.41, 5.74) is 0.943. The van der Waals surface area contributed by atoms with Crippen LogP contribution in [0.1, 0.15) is 4.88 Å². The number of rotatable bonds is 4. The molecular weight excluding hydrogens is 408 g/mol. The summed E-state index contributed by atoms with van der Waals surface area (Å²) in [6.07, 6.45) is 1.86. The minimum atomic E-state index is 0.312. The van der Waals surface area contributed by atoms with Crippen LogP contribution in [0.3, 0.4) is 0 Å². The Hall–Kier alpha value is -2.00. The lowest BCUT2D eigenvalue weighted by Gasteiger charge is -2.35. The molecule has 0 radical (unpaired) electrons. The van der Waals surface area contributed by atoms with Gasteiger partial charge in [0.25, 0.3) is 0 Å². The number of piperazine rings is 1. The standard InChI is InChI=1S/C20H23ClN6OS/c21-20-23-16-13-15(29-18(16)19(24-20)27-9-11-28-12-10-27)14-25-5-7-26(8-6-25)17-3-1-2-4-22-17/h1-4,13H,5-12,14H2. The van der Waals surface area contributed by atoms with Crippen LogP contribution in [0, 0.1) is 0 Å². The zero-order valence-electron chi connectivity index (χ0n) is 16.1. The Morgan fingerprint density at radius 2 is 1.83 bits per heavy atom. The van der Waals surface area contributed by atoms with Gasteiger partial charge in [0.05, 0.1) is 23.4 Å². The molecule has 0 spiro atoms. The van der Waals surface area contributed by atoms with Crippen LogP contribution in [0.15, 0.2) is 30.5 Å². The predicted octanol–water partition coefficient (Wildman–Crippen LogP) is 2.90. The number of pyridine rings is 1. The number of ether oxygens (including phenoxy) is 1. The van der Waals surface area contributed by atoms with Crippen LogP contribution in [-0.2, 0) is 11.3 Å². The van der Waals surface area contributed by atoms with Crippen molar-refractivity contribution in [1.29, 1.82) is 0 Å². The SMILES string of the molecule is Clc1nc(N2CCOCC2)c2sc(CN3CCN(c4ccccn4)CC3)cc2n1. The van der Waals surface area contributed by atoms with Gasteiger partial charge in [-0.15, -0.1) is 11.3 Å². The Kier molecular flexibility index (Phi) is 5.50. The van der Waals surface area contributed by atoms with Crippen molar-refractivity contribution in [3.05, 3.63) is 40.6 Å². The number of hydrogen-bond acceptors (Lipinski definition) is 8. The topological polar surface area (TPSA) is 57.6 Å². The van der Waals surface area contributed by atoms with Crippen LogP contribution in [0.2, 0.25) is 5.28 Å². The third-order valence-corrected chi connectivity index (χ3v) is 6.69. The Morgan fingerprint density at radius 3 is 2.59 bits per heavy atom. The van der Waals surface area contributed by atoms with Crippen molar-refractivity contribution >= 4 is 44.8 Å². The highest BCUT2D eigenvalue weighted by Gasteiger charge is 2.22. The van der Waals surface area contributed by atoms with Crippen LogP contribution in [0.5, 0.6) is 0 Å². The summed E-state index contributed by atoms with van der Waals surface area (Å²) in [6, 6.07) is 8.26. The molecule has 3 aromatic rings. The van der Waals surface area contributed by atoms with Crippen molar-refractivity contribution in [2.24, 2.45) is 0 Å². The molecule has 0 unspecified atom stereocenters. The highest BCUT2D eigenvalue weighted by Crippen LogP contribution is 2.34. The zero-order valence-corrected chi connectivity index (χ0v) is 17.7. The maximum atomic E-state index is 6.22. The lowest BCUT2D eigenvalue weighted by Crippen LogP contribution is -2.46. The number of aromatic nitrogens is 3. The summed E-state index contributed by atoms with van der Waals surface area (Å²) in [4.78, 5) is 21.9. The first-order valence-corrected chi connectivity index (χ1v) is 11.1. The minimum Gasteiger partial charge on any atom is -0.378 e. The Morgan fingerprint density at radius 1 is 1.00 bits per heavy atom. The van der Waals surface area contributed by atoms with Crippen molar-refractivity contribution in [2.45, 2.75) is 6.54 Å². The van der Waals surface area contributed by atoms with Crippen LogP contribution < -0.4 is 9.80 Å². The van der Waals surface area contributed by atoms with Crippen molar-refractivity contribution in [1.82, 2.24) is 19.9 Å². The van der Waals surface area contributed by atoms with Crippen molar-refractivity contribution < 1.29 is 4.74 Å². The third-order valence-electron chi connectivity index (χ3n) is 5.41. The van der Waals surface area contributed by atoms with Crippen molar-refractivity contribution in [3.63, 3.8) is 0 Å². The average molecular weight is 431 g/mol. The molecule has 29 heavy (non-hydrogen) atoms. The number of fused-ring (bicyclic) bond motifs is 1. The molecule has 0 aromatic carbocycles. The van der Waals surface area contributed by atoms with E-state index in [4.69, 9.17) is 16.3 Å². The largest absolute Gasteiger partial charge is 0.378 e. The van der Waals surface area contributed by atoms with E-state index in [2.05, 4.69) is 41.8 Å². The molecule has 5 heterocycles. The number of halogens is 1. The zero-order chi connectivity index (χ0) is 19.6. The fraction of sp³-hybridized carbons (Fsp3) is 0.450. The van der Waals surface area contributed by atoms with E-state index >= 15 is 0 Å². The summed E-state index contributed by atoms with van der Waals surface area (Å²) in [5.74, 6) is 2.01. The maximum absolute atomic E-state index is 6.22. The van der Waals surface area contributed by atoms with Gasteiger partial charge >= 0.3 is 0 Å². The van der Waals surface area contributed by atoms with Gasteiger partial charge in [0.1, 0.15) is 5.82 Å². The van der Waals surface area contributed by atoms with E-state index < -0.39 is 0 Å². The minimum absolute atomic E-state index is 0.312. The van der Waals surface area contributed by atoms with Crippen molar-refractivity contribution in [3.8, 4) is 0 Å². The van der Waals surface area contributed by atoms with Crippen LogP contribution in [0.4, 0.5) is 11.6 Å². The van der Waals surface area contributed by atoms with Gasteiger partial charge in [-0.05, 0) is 29.8 Å². The summed E-state index contributed by atoms with van der Waals surface area (Å²) in [6.45, 7) is 8.08. The van der Waals surface area contributed by atoms with E-state index in [1.807, 2.05) is 18.3 Å². The van der Waals surface area contributed by atoms with E-state index in [9.17, 15) is 0 Å². The second-order valence-corrected chi connectivity index (χ2v) is 8.77. The van der Waals surface area contributed by atoms with Gasteiger partial charge in [-0.25, -0.2) is 9.97 Å². The average Bonchev–Trinajstić information content (AvgIpc) is 3.17. The van der Waals surface area contributed by atoms with E-state index in [1.54, 1.807) is 11.3 Å². The lowest BCUT2D eigenvalue weighted by molar-refractivity contribution is 0.122. The molecule has 152 valence electrons. The Labute approximate surface area is 178 Å². The maximum Gasteiger partial charge on any atom is 0.224 e.